The quantitative estimate of drug-likeness (QED) is 0.654. The largest absolute Gasteiger partial charge is 0.493 e. The number of allylic oxidation sites excluding steroid dienone is 1. The average Bonchev–Trinajstić information content (AvgIpc) is 2.61. The molecule has 2 aromatic rings. The number of nitrogens with zero attached hydrogens (tertiary/aromatic N) is 1. The minimum absolute atomic E-state index is 0.226. The van der Waals surface area contributed by atoms with Crippen molar-refractivity contribution in [1.82, 2.24) is 0 Å². The van der Waals surface area contributed by atoms with Crippen LogP contribution in [0.4, 0.5) is 0 Å². The first-order chi connectivity index (χ1) is 12.3. The molecule has 0 amide bonds. The van der Waals surface area contributed by atoms with Gasteiger partial charge in [-0.3, -0.25) is 0 Å². The van der Waals surface area contributed by atoms with E-state index in [1.807, 2.05) is 0 Å². The highest BCUT2D eigenvalue weighted by molar-refractivity contribution is 7.95. The van der Waals surface area contributed by atoms with Gasteiger partial charge in [0.05, 0.1) is 20.0 Å². The van der Waals surface area contributed by atoms with E-state index in [9.17, 15) is 13.7 Å². The first-order valence-electron chi connectivity index (χ1n) is 7.31. The van der Waals surface area contributed by atoms with Crippen molar-refractivity contribution >= 4 is 39.1 Å². The van der Waals surface area contributed by atoms with Crippen LogP contribution in [0.2, 0.25) is 10.0 Å². The maximum Gasteiger partial charge on any atom is 0.192 e. The maximum absolute atomic E-state index is 12.6. The van der Waals surface area contributed by atoms with Gasteiger partial charge in [0.15, 0.2) is 21.3 Å². The fraction of sp³-hybridized carbons (Fsp3) is 0.167. The predicted molar refractivity (Wildman–Crippen MR) is 102 cm³/mol. The number of hydrogen-bond acceptors (Lipinski definition) is 5. The molecule has 0 heterocycles. The molecule has 0 fully saturated rings. The number of hydrogen-bond donors (Lipinski definition) is 0. The van der Waals surface area contributed by atoms with Crippen molar-refractivity contribution in [3.8, 4) is 17.6 Å². The van der Waals surface area contributed by atoms with Gasteiger partial charge in [-0.15, -0.1) is 0 Å². The third kappa shape index (κ3) is 4.70. The number of rotatable bonds is 6. The van der Waals surface area contributed by atoms with E-state index in [1.165, 1.54) is 32.4 Å². The van der Waals surface area contributed by atoms with Crippen LogP contribution in [0.3, 0.4) is 0 Å². The van der Waals surface area contributed by atoms with E-state index < -0.39 is 15.6 Å². The molecular formula is C18H15Cl2NO4S. The Balaban J connectivity index is 2.40. The monoisotopic (exact) mass is 411 g/mol. The lowest BCUT2D eigenvalue weighted by molar-refractivity contribution is 0.355. The summed E-state index contributed by atoms with van der Waals surface area (Å²) in [6.45, 7) is 0. The molecule has 5 nitrogen and oxygen atoms in total. The van der Waals surface area contributed by atoms with Gasteiger partial charge in [0.25, 0.3) is 0 Å². The topological polar surface area (TPSA) is 76.4 Å². The standard InChI is InChI=1S/C18H15Cl2NO4S/c1-24-17-6-3-12(8-18(17)25-2)7-15(10-21)26(22,23)11-13-4-5-14(19)9-16(13)20/h3-9H,11H2,1-2H3/b15-7+. The van der Waals surface area contributed by atoms with Crippen molar-refractivity contribution in [2.24, 2.45) is 0 Å². The molecule has 0 atom stereocenters. The van der Waals surface area contributed by atoms with Crippen LogP contribution >= 0.6 is 23.2 Å². The van der Waals surface area contributed by atoms with Crippen LogP contribution in [-0.4, -0.2) is 22.6 Å². The van der Waals surface area contributed by atoms with E-state index in [1.54, 1.807) is 30.3 Å². The molecule has 0 unspecified atom stereocenters. The second-order valence-electron chi connectivity index (χ2n) is 5.23. The van der Waals surface area contributed by atoms with Crippen molar-refractivity contribution in [1.29, 1.82) is 5.26 Å². The van der Waals surface area contributed by atoms with Crippen LogP contribution in [0.25, 0.3) is 6.08 Å². The Hall–Kier alpha value is -2.20. The summed E-state index contributed by atoms with van der Waals surface area (Å²) in [4.78, 5) is -0.379. The second-order valence-corrected chi connectivity index (χ2v) is 8.03. The van der Waals surface area contributed by atoms with Gasteiger partial charge in [-0.25, -0.2) is 8.42 Å². The minimum atomic E-state index is -3.89. The zero-order valence-corrected chi connectivity index (χ0v) is 16.3. The van der Waals surface area contributed by atoms with E-state index in [-0.39, 0.29) is 9.93 Å². The molecule has 26 heavy (non-hydrogen) atoms. The highest BCUT2D eigenvalue weighted by Crippen LogP contribution is 2.30. The molecule has 0 aliphatic rings. The number of benzene rings is 2. The van der Waals surface area contributed by atoms with Gasteiger partial charge in [-0.05, 0) is 41.5 Å². The van der Waals surface area contributed by atoms with Gasteiger partial charge in [-0.1, -0.05) is 35.3 Å². The van der Waals surface area contributed by atoms with Gasteiger partial charge in [0, 0.05) is 10.0 Å². The van der Waals surface area contributed by atoms with Crippen molar-refractivity contribution < 1.29 is 17.9 Å². The van der Waals surface area contributed by atoms with E-state index in [0.29, 0.717) is 27.6 Å². The number of sulfone groups is 1. The Bertz CT molecular complexity index is 995. The lowest BCUT2D eigenvalue weighted by Crippen LogP contribution is -2.07. The van der Waals surface area contributed by atoms with Crippen molar-refractivity contribution in [2.45, 2.75) is 5.75 Å². The molecule has 0 spiro atoms. The molecule has 0 aliphatic carbocycles. The molecule has 0 aliphatic heterocycles. The summed E-state index contributed by atoms with van der Waals surface area (Å²) in [5, 5.41) is 9.96. The lowest BCUT2D eigenvalue weighted by Gasteiger charge is -2.09. The Labute approximate surface area is 162 Å². The first-order valence-corrected chi connectivity index (χ1v) is 9.72. The fourth-order valence-corrected chi connectivity index (χ4v) is 4.03. The normalized spacial score (nSPS) is 11.7. The van der Waals surface area contributed by atoms with Crippen LogP contribution in [0.1, 0.15) is 11.1 Å². The average molecular weight is 412 g/mol. The third-order valence-corrected chi connectivity index (χ3v) is 5.67. The number of methoxy groups -OCH3 is 2. The molecule has 0 saturated carbocycles. The number of ether oxygens (including phenoxy) is 2. The summed E-state index contributed by atoms with van der Waals surface area (Å²) >= 11 is 11.9. The predicted octanol–water partition coefficient (Wildman–Crippen LogP) is 4.49. The fourth-order valence-electron chi connectivity index (χ4n) is 2.21. The van der Waals surface area contributed by atoms with E-state index in [0.717, 1.165) is 0 Å². The van der Waals surface area contributed by atoms with Crippen LogP contribution < -0.4 is 9.47 Å². The molecule has 0 bridgehead atoms. The molecule has 2 rings (SSSR count). The van der Waals surface area contributed by atoms with Crippen molar-refractivity contribution in [2.75, 3.05) is 14.2 Å². The van der Waals surface area contributed by atoms with E-state index in [4.69, 9.17) is 32.7 Å². The van der Waals surface area contributed by atoms with E-state index >= 15 is 0 Å². The molecule has 2 aromatic carbocycles. The van der Waals surface area contributed by atoms with Crippen LogP contribution in [0, 0.1) is 11.3 Å². The van der Waals surface area contributed by atoms with Gasteiger partial charge < -0.3 is 9.47 Å². The van der Waals surface area contributed by atoms with E-state index in [2.05, 4.69) is 0 Å². The summed E-state index contributed by atoms with van der Waals surface area (Å²) in [5.74, 6) is 0.519. The van der Waals surface area contributed by atoms with Gasteiger partial charge >= 0.3 is 0 Å². The van der Waals surface area contributed by atoms with Gasteiger partial charge in [0.2, 0.25) is 0 Å². The van der Waals surface area contributed by atoms with Gasteiger partial charge in [-0.2, -0.15) is 5.26 Å². The molecule has 0 N–H and O–H groups in total. The number of nitriles is 1. The second kappa shape index (κ2) is 8.45. The molecule has 0 aromatic heterocycles. The Morgan fingerprint density at radius 3 is 2.38 bits per heavy atom. The Morgan fingerprint density at radius 2 is 1.81 bits per heavy atom. The maximum atomic E-state index is 12.6. The van der Waals surface area contributed by atoms with Gasteiger partial charge in [0.1, 0.15) is 11.0 Å². The Kier molecular flexibility index (Phi) is 6.54. The van der Waals surface area contributed by atoms with Crippen LogP contribution in [-0.2, 0) is 15.6 Å². The summed E-state index contributed by atoms with van der Waals surface area (Å²) < 4.78 is 35.5. The molecule has 0 radical (unpaired) electrons. The van der Waals surface area contributed by atoms with Crippen molar-refractivity contribution in [3.05, 3.63) is 62.5 Å². The smallest absolute Gasteiger partial charge is 0.192 e. The minimum Gasteiger partial charge on any atom is -0.493 e. The molecule has 8 heteroatoms. The van der Waals surface area contributed by atoms with Crippen LogP contribution in [0.15, 0.2) is 41.3 Å². The first kappa shape index (κ1) is 20.1. The summed E-state index contributed by atoms with van der Waals surface area (Å²) in [5.41, 5.74) is 0.856. The van der Waals surface area contributed by atoms with Crippen molar-refractivity contribution in [3.63, 3.8) is 0 Å². The number of halogens is 2. The lowest BCUT2D eigenvalue weighted by atomic mass is 10.2. The molecule has 0 saturated heterocycles. The summed E-state index contributed by atoms with van der Waals surface area (Å²) in [6, 6.07) is 11.1. The van der Waals surface area contributed by atoms with Crippen LogP contribution in [0.5, 0.6) is 11.5 Å². The SMILES string of the molecule is COc1ccc(/C=C(\C#N)S(=O)(=O)Cc2ccc(Cl)cc2Cl)cc1OC. The molecule has 136 valence electrons. The zero-order chi connectivity index (χ0) is 19.3. The Morgan fingerprint density at radius 1 is 1.12 bits per heavy atom. The molecular weight excluding hydrogens is 397 g/mol. The third-order valence-electron chi connectivity index (χ3n) is 3.51. The summed E-state index contributed by atoms with van der Waals surface area (Å²) in [7, 11) is -0.931. The highest BCUT2D eigenvalue weighted by Gasteiger charge is 2.20. The summed E-state index contributed by atoms with van der Waals surface area (Å²) in [6.07, 6.45) is 1.28. The zero-order valence-electron chi connectivity index (χ0n) is 14.0. The highest BCUT2D eigenvalue weighted by atomic mass is 35.5.